The van der Waals surface area contributed by atoms with Gasteiger partial charge in [0.25, 0.3) is 0 Å². The second kappa shape index (κ2) is 5.08. The highest BCUT2D eigenvalue weighted by atomic mass is 15.4. The maximum atomic E-state index is 4.62. The Kier molecular flexibility index (Phi) is 3.44. The van der Waals surface area contributed by atoms with E-state index in [1.807, 2.05) is 19.2 Å². The molecule has 104 valence electrons. The van der Waals surface area contributed by atoms with Crippen molar-refractivity contribution in [1.29, 1.82) is 0 Å². The molecule has 0 spiro atoms. The third-order valence-electron chi connectivity index (χ3n) is 4.74. The van der Waals surface area contributed by atoms with E-state index in [9.17, 15) is 0 Å². The lowest BCUT2D eigenvalue weighted by Gasteiger charge is -2.43. The van der Waals surface area contributed by atoms with Gasteiger partial charge in [0.05, 0.1) is 0 Å². The average Bonchev–Trinajstić information content (AvgIpc) is 2.68. The number of hydrogen-bond donors (Lipinski definition) is 0. The van der Waals surface area contributed by atoms with E-state index in [1.165, 1.54) is 32.4 Å². The largest absolute Gasteiger partial charge is 0.332 e. The van der Waals surface area contributed by atoms with Crippen LogP contribution in [0.25, 0.3) is 0 Å². The van der Waals surface area contributed by atoms with E-state index in [0.29, 0.717) is 18.1 Å². The maximum absolute atomic E-state index is 4.62. The quantitative estimate of drug-likeness (QED) is 0.834. The molecule has 0 amide bonds. The zero-order valence-electron chi connectivity index (χ0n) is 12.2. The molecule has 3 heterocycles. The van der Waals surface area contributed by atoms with Gasteiger partial charge in [-0.3, -0.25) is 4.90 Å². The molecular formula is C15H24N4. The Bertz CT molecular complexity index is 434. The number of aryl methyl sites for hydroxylation is 1. The van der Waals surface area contributed by atoms with E-state index in [4.69, 9.17) is 0 Å². The molecule has 0 saturated carbocycles. The molecule has 2 saturated heterocycles. The molecule has 3 rings (SSSR count). The predicted molar refractivity (Wildman–Crippen MR) is 77.4 cm³/mol. The monoisotopic (exact) mass is 260 g/mol. The van der Waals surface area contributed by atoms with Gasteiger partial charge >= 0.3 is 0 Å². The summed E-state index contributed by atoms with van der Waals surface area (Å²) in [5.41, 5.74) is 1.06. The molecule has 1 aromatic heterocycles. The van der Waals surface area contributed by atoms with E-state index in [2.05, 4.69) is 33.6 Å². The number of aromatic nitrogens is 2. The summed E-state index contributed by atoms with van der Waals surface area (Å²) < 4.78 is 0. The van der Waals surface area contributed by atoms with Gasteiger partial charge in [-0.05, 0) is 39.2 Å². The van der Waals surface area contributed by atoms with Crippen LogP contribution >= 0.6 is 0 Å². The molecule has 0 N–H and O–H groups in total. The zero-order valence-corrected chi connectivity index (χ0v) is 12.2. The second-order valence-corrected chi connectivity index (χ2v) is 6.00. The smallest absolute Gasteiger partial charge is 0.226 e. The fourth-order valence-electron chi connectivity index (χ4n) is 3.44. The molecule has 2 bridgehead atoms. The first-order valence-corrected chi connectivity index (χ1v) is 7.51. The number of piperazine rings is 1. The van der Waals surface area contributed by atoms with Crippen LogP contribution in [0.15, 0.2) is 12.3 Å². The van der Waals surface area contributed by atoms with E-state index >= 15 is 0 Å². The van der Waals surface area contributed by atoms with Crippen LogP contribution in [0.4, 0.5) is 5.95 Å². The van der Waals surface area contributed by atoms with Crippen molar-refractivity contribution in [2.75, 3.05) is 18.0 Å². The Morgan fingerprint density at radius 3 is 2.58 bits per heavy atom. The van der Waals surface area contributed by atoms with Crippen LogP contribution < -0.4 is 4.90 Å². The summed E-state index contributed by atoms with van der Waals surface area (Å²) in [5.74, 6) is 0.941. The van der Waals surface area contributed by atoms with E-state index in [0.717, 1.165) is 11.6 Å². The Balaban J connectivity index is 1.80. The van der Waals surface area contributed by atoms with Gasteiger partial charge in [-0.15, -0.1) is 0 Å². The number of hydrogen-bond acceptors (Lipinski definition) is 4. The molecule has 2 aliphatic rings. The summed E-state index contributed by atoms with van der Waals surface area (Å²) in [7, 11) is 0. The van der Waals surface area contributed by atoms with E-state index in [-0.39, 0.29) is 0 Å². The van der Waals surface area contributed by atoms with Gasteiger partial charge < -0.3 is 4.90 Å². The SMILES string of the molecule is CCC(C)N1CC2CCC(C1)N2c1nccc(C)n1. The molecular weight excluding hydrogens is 236 g/mol. The van der Waals surface area contributed by atoms with Crippen LogP contribution in [0.1, 0.15) is 38.8 Å². The van der Waals surface area contributed by atoms with E-state index in [1.54, 1.807) is 0 Å². The van der Waals surface area contributed by atoms with Crippen molar-refractivity contribution < 1.29 is 0 Å². The van der Waals surface area contributed by atoms with Gasteiger partial charge in [0.1, 0.15) is 0 Å². The van der Waals surface area contributed by atoms with Crippen molar-refractivity contribution in [2.24, 2.45) is 0 Å². The van der Waals surface area contributed by atoms with Gasteiger partial charge in [0.2, 0.25) is 5.95 Å². The average molecular weight is 260 g/mol. The predicted octanol–water partition coefficient (Wildman–Crippen LogP) is 2.24. The minimum absolute atomic E-state index is 0.606. The molecule has 0 aliphatic carbocycles. The third-order valence-corrected chi connectivity index (χ3v) is 4.74. The molecule has 2 aliphatic heterocycles. The first-order chi connectivity index (χ1) is 9.19. The molecule has 0 radical (unpaired) electrons. The minimum atomic E-state index is 0.606. The Morgan fingerprint density at radius 1 is 1.32 bits per heavy atom. The lowest BCUT2D eigenvalue weighted by molar-refractivity contribution is 0.162. The van der Waals surface area contributed by atoms with Gasteiger partial charge in [-0.25, -0.2) is 9.97 Å². The fraction of sp³-hybridized carbons (Fsp3) is 0.733. The van der Waals surface area contributed by atoms with Gasteiger partial charge in [-0.1, -0.05) is 6.92 Å². The lowest BCUT2D eigenvalue weighted by atomic mass is 10.1. The Labute approximate surface area is 115 Å². The molecule has 19 heavy (non-hydrogen) atoms. The van der Waals surface area contributed by atoms with Crippen molar-refractivity contribution in [1.82, 2.24) is 14.9 Å². The van der Waals surface area contributed by atoms with Crippen molar-refractivity contribution in [3.8, 4) is 0 Å². The van der Waals surface area contributed by atoms with Crippen LogP contribution in [0.3, 0.4) is 0 Å². The van der Waals surface area contributed by atoms with Crippen molar-refractivity contribution in [3.05, 3.63) is 18.0 Å². The van der Waals surface area contributed by atoms with Gasteiger partial charge in [0, 0.05) is 43.1 Å². The minimum Gasteiger partial charge on any atom is -0.332 e. The van der Waals surface area contributed by atoms with Gasteiger partial charge in [0.15, 0.2) is 0 Å². The van der Waals surface area contributed by atoms with Crippen LogP contribution in [-0.4, -0.2) is 46.1 Å². The van der Waals surface area contributed by atoms with Crippen molar-refractivity contribution in [2.45, 2.75) is 58.2 Å². The summed E-state index contributed by atoms with van der Waals surface area (Å²) in [5, 5.41) is 0. The number of anilines is 1. The summed E-state index contributed by atoms with van der Waals surface area (Å²) >= 11 is 0. The number of likely N-dealkylation sites (tertiary alicyclic amines) is 1. The zero-order chi connectivity index (χ0) is 13.4. The first-order valence-electron chi connectivity index (χ1n) is 7.51. The van der Waals surface area contributed by atoms with Gasteiger partial charge in [-0.2, -0.15) is 0 Å². The summed E-state index contributed by atoms with van der Waals surface area (Å²) in [6.45, 7) is 9.01. The summed E-state index contributed by atoms with van der Waals surface area (Å²) in [4.78, 5) is 14.2. The van der Waals surface area contributed by atoms with Crippen molar-refractivity contribution in [3.63, 3.8) is 0 Å². The molecule has 4 heteroatoms. The molecule has 4 nitrogen and oxygen atoms in total. The highest BCUT2D eigenvalue weighted by Gasteiger charge is 2.41. The maximum Gasteiger partial charge on any atom is 0.226 e. The number of nitrogens with zero attached hydrogens (tertiary/aromatic N) is 4. The second-order valence-electron chi connectivity index (χ2n) is 6.00. The number of fused-ring (bicyclic) bond motifs is 2. The highest BCUT2D eigenvalue weighted by molar-refractivity contribution is 5.38. The summed E-state index contributed by atoms with van der Waals surface area (Å²) in [6.07, 6.45) is 5.70. The third kappa shape index (κ3) is 2.34. The molecule has 3 unspecified atom stereocenters. The first kappa shape index (κ1) is 12.9. The highest BCUT2D eigenvalue weighted by Crippen LogP contribution is 2.33. The molecule has 3 atom stereocenters. The van der Waals surface area contributed by atoms with Crippen LogP contribution in [0.2, 0.25) is 0 Å². The topological polar surface area (TPSA) is 32.3 Å². The van der Waals surface area contributed by atoms with Crippen LogP contribution in [-0.2, 0) is 0 Å². The standard InChI is InChI=1S/C15H24N4/c1-4-12(3)18-9-13-5-6-14(10-18)19(13)15-16-8-7-11(2)17-15/h7-8,12-14H,4-6,9-10H2,1-3H3. The molecule has 1 aromatic rings. The van der Waals surface area contributed by atoms with E-state index < -0.39 is 0 Å². The van der Waals surface area contributed by atoms with Crippen molar-refractivity contribution >= 4 is 5.95 Å². The fourth-order valence-corrected chi connectivity index (χ4v) is 3.44. The van der Waals surface area contributed by atoms with Crippen LogP contribution in [0, 0.1) is 6.92 Å². The Hall–Kier alpha value is -1.16. The summed E-state index contributed by atoms with van der Waals surface area (Å²) in [6, 6.07) is 3.88. The molecule has 2 fully saturated rings. The number of rotatable bonds is 3. The Morgan fingerprint density at radius 2 is 2.00 bits per heavy atom. The molecule has 0 aromatic carbocycles. The normalized spacial score (nSPS) is 28.7. The van der Waals surface area contributed by atoms with Crippen LogP contribution in [0.5, 0.6) is 0 Å². The lowest BCUT2D eigenvalue weighted by Crippen LogP contribution is -2.56.